The molecule has 0 bridgehead atoms. The van der Waals surface area contributed by atoms with Crippen LogP contribution in [0.25, 0.3) is 0 Å². The molecule has 2 heteroatoms. The van der Waals surface area contributed by atoms with Gasteiger partial charge in [-0.2, -0.15) is 0 Å². The Kier molecular flexibility index (Phi) is 6.72. The standard InChI is InChI=1S/C27H36O2/c1-6-16-28-24-12-8-22(9-13-24)27(19-21(3)18-26(4,5)20-27)23-10-14-25(15-11-23)29-17-7-2/h6-10,12-14,21H,1-2,11,15-20H2,3-5H3. The molecule has 0 heterocycles. The summed E-state index contributed by atoms with van der Waals surface area (Å²) in [5, 5.41) is 0. The Morgan fingerprint density at radius 2 is 1.66 bits per heavy atom. The molecule has 2 unspecified atom stereocenters. The van der Waals surface area contributed by atoms with E-state index in [0.717, 1.165) is 24.4 Å². The number of benzene rings is 1. The molecule has 2 aliphatic carbocycles. The first-order valence-corrected chi connectivity index (χ1v) is 10.9. The molecule has 2 atom stereocenters. The number of hydrogen-bond acceptors (Lipinski definition) is 2. The normalized spacial score (nSPS) is 26.1. The first kappa shape index (κ1) is 21.5. The molecule has 156 valence electrons. The van der Waals surface area contributed by atoms with E-state index >= 15 is 0 Å². The molecular weight excluding hydrogens is 356 g/mol. The molecule has 1 aromatic rings. The van der Waals surface area contributed by atoms with Crippen molar-refractivity contribution in [2.75, 3.05) is 13.2 Å². The summed E-state index contributed by atoms with van der Waals surface area (Å²) < 4.78 is 11.5. The van der Waals surface area contributed by atoms with Crippen molar-refractivity contribution in [3.63, 3.8) is 0 Å². The predicted octanol–water partition coefficient (Wildman–Crippen LogP) is 7.14. The Morgan fingerprint density at radius 3 is 2.24 bits per heavy atom. The van der Waals surface area contributed by atoms with Crippen molar-refractivity contribution in [1.29, 1.82) is 0 Å². The van der Waals surface area contributed by atoms with Crippen LogP contribution < -0.4 is 4.74 Å². The van der Waals surface area contributed by atoms with Crippen molar-refractivity contribution in [1.82, 2.24) is 0 Å². The molecular formula is C27H36O2. The average molecular weight is 393 g/mol. The van der Waals surface area contributed by atoms with E-state index in [4.69, 9.17) is 9.47 Å². The van der Waals surface area contributed by atoms with Gasteiger partial charge in [-0.1, -0.05) is 69.9 Å². The molecule has 0 aliphatic heterocycles. The molecule has 0 radical (unpaired) electrons. The van der Waals surface area contributed by atoms with Gasteiger partial charge < -0.3 is 9.47 Å². The van der Waals surface area contributed by atoms with Crippen LogP contribution in [0.5, 0.6) is 5.75 Å². The molecule has 2 aliphatic rings. The van der Waals surface area contributed by atoms with E-state index in [1.807, 2.05) is 6.08 Å². The van der Waals surface area contributed by atoms with Gasteiger partial charge in [0.15, 0.2) is 0 Å². The van der Waals surface area contributed by atoms with Gasteiger partial charge in [0.25, 0.3) is 0 Å². The van der Waals surface area contributed by atoms with Crippen LogP contribution in [-0.4, -0.2) is 13.2 Å². The summed E-state index contributed by atoms with van der Waals surface area (Å²) in [6, 6.07) is 8.79. The SMILES string of the molecule is C=CCOC1=CC=C(C2(c3ccc(OCC=C)cc3)CC(C)CC(C)(C)C2)CC1. The summed E-state index contributed by atoms with van der Waals surface area (Å²) >= 11 is 0. The molecule has 0 N–H and O–H groups in total. The molecule has 0 spiro atoms. The van der Waals surface area contributed by atoms with Gasteiger partial charge in [0.2, 0.25) is 0 Å². The van der Waals surface area contributed by atoms with E-state index in [0.29, 0.717) is 24.5 Å². The van der Waals surface area contributed by atoms with Gasteiger partial charge in [0, 0.05) is 11.8 Å². The monoisotopic (exact) mass is 392 g/mol. The van der Waals surface area contributed by atoms with Crippen molar-refractivity contribution in [2.45, 2.75) is 58.3 Å². The van der Waals surface area contributed by atoms with Crippen LogP contribution in [0.2, 0.25) is 0 Å². The summed E-state index contributed by atoms with van der Waals surface area (Å²) in [4.78, 5) is 0. The minimum atomic E-state index is 0.0819. The summed E-state index contributed by atoms with van der Waals surface area (Å²) in [5.74, 6) is 2.67. The Bertz CT molecular complexity index is 781. The number of allylic oxidation sites excluding steroid dienone is 4. The Morgan fingerprint density at radius 1 is 0.966 bits per heavy atom. The Balaban J connectivity index is 1.97. The van der Waals surface area contributed by atoms with Gasteiger partial charge in [-0.25, -0.2) is 0 Å². The van der Waals surface area contributed by atoms with Crippen molar-refractivity contribution in [3.8, 4) is 5.75 Å². The van der Waals surface area contributed by atoms with E-state index in [9.17, 15) is 0 Å². The fourth-order valence-electron chi connectivity index (χ4n) is 5.55. The van der Waals surface area contributed by atoms with Crippen LogP contribution in [0.3, 0.4) is 0 Å². The lowest BCUT2D eigenvalue weighted by Gasteiger charge is -2.50. The smallest absolute Gasteiger partial charge is 0.119 e. The third-order valence-corrected chi connectivity index (χ3v) is 6.27. The van der Waals surface area contributed by atoms with Crippen molar-refractivity contribution in [2.24, 2.45) is 11.3 Å². The average Bonchev–Trinajstić information content (AvgIpc) is 2.70. The highest BCUT2D eigenvalue weighted by Crippen LogP contribution is 2.55. The third kappa shape index (κ3) is 5.04. The second kappa shape index (κ2) is 9.07. The van der Waals surface area contributed by atoms with Crippen molar-refractivity contribution < 1.29 is 9.47 Å². The minimum absolute atomic E-state index is 0.0819. The van der Waals surface area contributed by atoms with Crippen molar-refractivity contribution >= 4 is 0 Å². The van der Waals surface area contributed by atoms with Crippen LogP contribution in [-0.2, 0) is 10.2 Å². The van der Waals surface area contributed by atoms with Gasteiger partial charge >= 0.3 is 0 Å². The highest BCUT2D eigenvalue weighted by Gasteiger charge is 2.46. The van der Waals surface area contributed by atoms with E-state index in [1.165, 1.54) is 24.8 Å². The second-order valence-electron chi connectivity index (χ2n) is 9.49. The lowest BCUT2D eigenvalue weighted by Crippen LogP contribution is -2.42. The van der Waals surface area contributed by atoms with Gasteiger partial charge in [0.05, 0.1) is 5.76 Å². The maximum Gasteiger partial charge on any atom is 0.119 e. The molecule has 0 amide bonds. The predicted molar refractivity (Wildman–Crippen MR) is 122 cm³/mol. The quantitative estimate of drug-likeness (QED) is 0.438. The highest BCUT2D eigenvalue weighted by atomic mass is 16.5. The molecule has 0 saturated heterocycles. The van der Waals surface area contributed by atoms with Crippen LogP contribution in [0.4, 0.5) is 0 Å². The van der Waals surface area contributed by atoms with Crippen LogP contribution >= 0.6 is 0 Å². The lowest BCUT2D eigenvalue weighted by atomic mass is 9.54. The van der Waals surface area contributed by atoms with Gasteiger partial charge in [-0.05, 0) is 60.8 Å². The molecule has 1 fully saturated rings. The third-order valence-electron chi connectivity index (χ3n) is 6.27. The lowest BCUT2D eigenvalue weighted by molar-refractivity contribution is 0.121. The summed E-state index contributed by atoms with van der Waals surface area (Å²) in [6.45, 7) is 15.9. The highest BCUT2D eigenvalue weighted by molar-refractivity contribution is 5.43. The first-order chi connectivity index (χ1) is 13.9. The molecule has 0 aromatic heterocycles. The largest absolute Gasteiger partial charge is 0.494 e. The zero-order chi connectivity index (χ0) is 20.9. The molecule has 3 rings (SSSR count). The zero-order valence-electron chi connectivity index (χ0n) is 18.4. The first-order valence-electron chi connectivity index (χ1n) is 10.9. The Hall–Kier alpha value is -2.22. The zero-order valence-corrected chi connectivity index (χ0v) is 18.4. The Labute approximate surface area is 177 Å². The minimum Gasteiger partial charge on any atom is -0.494 e. The number of rotatable bonds is 8. The van der Waals surface area contributed by atoms with Crippen LogP contribution in [0, 0.1) is 11.3 Å². The van der Waals surface area contributed by atoms with Gasteiger partial charge in [-0.3, -0.25) is 0 Å². The van der Waals surface area contributed by atoms with Gasteiger partial charge in [0.1, 0.15) is 19.0 Å². The summed E-state index contributed by atoms with van der Waals surface area (Å²) in [5.41, 5.74) is 3.36. The number of ether oxygens (including phenoxy) is 2. The van der Waals surface area contributed by atoms with E-state index < -0.39 is 0 Å². The maximum absolute atomic E-state index is 5.80. The second-order valence-corrected chi connectivity index (χ2v) is 9.49. The summed E-state index contributed by atoms with van der Waals surface area (Å²) in [7, 11) is 0. The van der Waals surface area contributed by atoms with Crippen LogP contribution in [0.15, 0.2) is 73.1 Å². The fraction of sp³-hybridized carbons (Fsp3) is 0.481. The molecule has 29 heavy (non-hydrogen) atoms. The molecule has 1 aromatic carbocycles. The van der Waals surface area contributed by atoms with E-state index in [-0.39, 0.29) is 5.41 Å². The van der Waals surface area contributed by atoms with Crippen LogP contribution in [0.1, 0.15) is 58.4 Å². The molecule has 2 nitrogen and oxygen atoms in total. The van der Waals surface area contributed by atoms with E-state index in [2.05, 4.69) is 70.3 Å². The maximum atomic E-state index is 5.80. The van der Waals surface area contributed by atoms with Gasteiger partial charge in [-0.15, -0.1) is 0 Å². The molecule has 1 saturated carbocycles. The topological polar surface area (TPSA) is 18.5 Å². The number of hydrogen-bond donors (Lipinski definition) is 0. The summed E-state index contributed by atoms with van der Waals surface area (Å²) in [6.07, 6.45) is 13.8. The van der Waals surface area contributed by atoms with Crippen molar-refractivity contribution in [3.05, 3.63) is 78.6 Å². The van der Waals surface area contributed by atoms with E-state index in [1.54, 1.807) is 11.6 Å². The fourth-order valence-corrected chi connectivity index (χ4v) is 5.55.